The molecule has 28 heavy (non-hydrogen) atoms. The quantitative estimate of drug-likeness (QED) is 0.624. The second-order valence-electron chi connectivity index (χ2n) is 6.39. The van der Waals surface area contributed by atoms with Crippen LogP contribution in [0.25, 0.3) is 10.1 Å². The third kappa shape index (κ3) is 3.41. The summed E-state index contributed by atoms with van der Waals surface area (Å²) in [5, 5.41) is 1.27. The molecule has 0 spiro atoms. The van der Waals surface area contributed by atoms with Crippen molar-refractivity contribution in [2.24, 2.45) is 0 Å². The highest BCUT2D eigenvalue weighted by Crippen LogP contribution is 2.36. The fraction of sp³-hybridized carbons (Fsp3) is 0.211. The van der Waals surface area contributed by atoms with Crippen molar-refractivity contribution in [2.75, 3.05) is 26.2 Å². The van der Waals surface area contributed by atoms with E-state index in [1.165, 1.54) is 33.8 Å². The number of carbonyl (C=O) groups is 1. The van der Waals surface area contributed by atoms with Crippen LogP contribution in [0, 0.1) is 5.82 Å². The van der Waals surface area contributed by atoms with E-state index in [2.05, 4.69) is 0 Å². The van der Waals surface area contributed by atoms with Gasteiger partial charge in [-0.05, 0) is 24.3 Å². The van der Waals surface area contributed by atoms with Crippen LogP contribution in [0.3, 0.4) is 0 Å². The summed E-state index contributed by atoms with van der Waals surface area (Å²) >= 11 is 7.72. The standard InChI is InChI=1S/C19H16ClFN2O3S2/c20-17-15-6-1-2-7-16(15)27-18(17)19(24)22-8-10-23(11-9-22)28(25,26)14-5-3-4-13(21)12-14/h1-7,12H,8-11H2. The monoisotopic (exact) mass is 438 g/mol. The number of amides is 1. The number of nitrogens with zero attached hydrogens (tertiary/aromatic N) is 2. The van der Waals surface area contributed by atoms with Crippen molar-refractivity contribution in [3.63, 3.8) is 0 Å². The molecule has 0 atom stereocenters. The van der Waals surface area contributed by atoms with E-state index < -0.39 is 15.8 Å². The Kier molecular flexibility index (Phi) is 5.13. The molecule has 5 nitrogen and oxygen atoms in total. The van der Waals surface area contributed by atoms with E-state index in [0.29, 0.717) is 9.90 Å². The number of piperazine rings is 1. The van der Waals surface area contributed by atoms with Crippen molar-refractivity contribution in [1.82, 2.24) is 9.21 Å². The van der Waals surface area contributed by atoms with Crippen LogP contribution >= 0.6 is 22.9 Å². The lowest BCUT2D eigenvalue weighted by Crippen LogP contribution is -2.50. The number of sulfonamides is 1. The number of carbonyl (C=O) groups excluding carboxylic acids is 1. The maximum absolute atomic E-state index is 13.4. The van der Waals surface area contributed by atoms with Gasteiger partial charge in [0.15, 0.2) is 0 Å². The predicted molar refractivity (Wildman–Crippen MR) is 108 cm³/mol. The summed E-state index contributed by atoms with van der Waals surface area (Å²) in [5.74, 6) is -0.803. The number of hydrogen-bond donors (Lipinski definition) is 0. The number of hydrogen-bond acceptors (Lipinski definition) is 4. The molecule has 0 aliphatic carbocycles. The summed E-state index contributed by atoms with van der Waals surface area (Å²) in [4.78, 5) is 14.9. The maximum Gasteiger partial charge on any atom is 0.265 e. The molecule has 0 unspecified atom stereocenters. The van der Waals surface area contributed by atoms with Gasteiger partial charge in [0.1, 0.15) is 10.7 Å². The van der Waals surface area contributed by atoms with Crippen molar-refractivity contribution >= 4 is 49.0 Å². The Morgan fingerprint density at radius 1 is 1.04 bits per heavy atom. The minimum atomic E-state index is -3.80. The zero-order chi connectivity index (χ0) is 19.9. The van der Waals surface area contributed by atoms with Gasteiger partial charge < -0.3 is 4.90 Å². The molecule has 1 aromatic heterocycles. The smallest absolute Gasteiger partial charge is 0.265 e. The molecule has 1 aliphatic rings. The van der Waals surface area contributed by atoms with Gasteiger partial charge in [0.05, 0.1) is 9.92 Å². The average molecular weight is 439 g/mol. The van der Waals surface area contributed by atoms with Gasteiger partial charge in [0, 0.05) is 36.3 Å². The molecule has 2 heterocycles. The van der Waals surface area contributed by atoms with Gasteiger partial charge in [0.25, 0.3) is 5.91 Å². The van der Waals surface area contributed by atoms with E-state index in [0.717, 1.165) is 16.2 Å². The van der Waals surface area contributed by atoms with E-state index in [4.69, 9.17) is 11.6 Å². The lowest BCUT2D eigenvalue weighted by atomic mass is 10.2. The third-order valence-corrected chi connectivity index (χ3v) is 8.25. The fourth-order valence-corrected chi connectivity index (χ4v) is 6.14. The lowest BCUT2D eigenvalue weighted by Gasteiger charge is -2.33. The molecule has 0 bridgehead atoms. The van der Waals surface area contributed by atoms with E-state index in [-0.39, 0.29) is 37.0 Å². The number of thiophene rings is 1. The van der Waals surface area contributed by atoms with Crippen molar-refractivity contribution in [3.8, 4) is 0 Å². The van der Waals surface area contributed by atoms with Gasteiger partial charge in [-0.3, -0.25) is 4.79 Å². The minimum absolute atomic E-state index is 0.0835. The zero-order valence-electron chi connectivity index (χ0n) is 14.6. The SMILES string of the molecule is O=C(c1sc2ccccc2c1Cl)N1CCN(S(=O)(=O)c2cccc(F)c2)CC1. The number of fused-ring (bicyclic) bond motifs is 1. The van der Waals surface area contributed by atoms with Crippen molar-refractivity contribution in [1.29, 1.82) is 0 Å². The molecule has 1 saturated heterocycles. The van der Waals surface area contributed by atoms with Crippen LogP contribution in [0.15, 0.2) is 53.4 Å². The summed E-state index contributed by atoms with van der Waals surface area (Å²) in [6.07, 6.45) is 0. The first-order valence-electron chi connectivity index (χ1n) is 8.60. The topological polar surface area (TPSA) is 57.7 Å². The molecule has 3 aromatic rings. The molecule has 1 fully saturated rings. The predicted octanol–water partition coefficient (Wildman–Crippen LogP) is 3.84. The number of rotatable bonds is 3. The molecule has 1 aliphatic heterocycles. The summed E-state index contributed by atoms with van der Waals surface area (Å²) in [6.45, 7) is 0.788. The van der Waals surface area contributed by atoms with Crippen LogP contribution in [-0.2, 0) is 10.0 Å². The molecule has 4 rings (SSSR count). The number of halogens is 2. The van der Waals surface area contributed by atoms with Crippen LogP contribution in [0.5, 0.6) is 0 Å². The van der Waals surface area contributed by atoms with Gasteiger partial charge in [-0.25, -0.2) is 12.8 Å². The average Bonchev–Trinajstić information content (AvgIpc) is 3.04. The first-order chi connectivity index (χ1) is 13.4. The summed E-state index contributed by atoms with van der Waals surface area (Å²) in [6, 6.07) is 12.5. The second kappa shape index (κ2) is 7.44. The van der Waals surface area contributed by atoms with Gasteiger partial charge in [-0.15, -0.1) is 11.3 Å². The third-order valence-electron chi connectivity index (χ3n) is 4.69. The van der Waals surface area contributed by atoms with Crippen molar-refractivity contribution in [3.05, 3.63) is 64.2 Å². The molecule has 0 radical (unpaired) electrons. The molecule has 0 saturated carbocycles. The number of benzene rings is 2. The Hall–Kier alpha value is -2.00. The van der Waals surface area contributed by atoms with Crippen LogP contribution in [0.2, 0.25) is 5.02 Å². The Morgan fingerprint density at radius 2 is 1.75 bits per heavy atom. The summed E-state index contributed by atoms with van der Waals surface area (Å²) in [5.41, 5.74) is 0. The first-order valence-corrected chi connectivity index (χ1v) is 11.2. The Labute approximate surface area is 171 Å². The molecule has 1 amide bonds. The Balaban J connectivity index is 1.50. The highest BCUT2D eigenvalue weighted by Gasteiger charge is 2.32. The van der Waals surface area contributed by atoms with Crippen LogP contribution in [-0.4, -0.2) is 49.7 Å². The van der Waals surface area contributed by atoms with E-state index >= 15 is 0 Å². The summed E-state index contributed by atoms with van der Waals surface area (Å²) < 4.78 is 41.0. The van der Waals surface area contributed by atoms with Crippen molar-refractivity contribution in [2.45, 2.75) is 4.90 Å². The molecule has 0 N–H and O–H groups in total. The highest BCUT2D eigenvalue weighted by atomic mass is 35.5. The second-order valence-corrected chi connectivity index (χ2v) is 9.76. The first kappa shape index (κ1) is 19.3. The fourth-order valence-electron chi connectivity index (χ4n) is 3.20. The van der Waals surface area contributed by atoms with Gasteiger partial charge >= 0.3 is 0 Å². The van der Waals surface area contributed by atoms with Crippen LogP contribution < -0.4 is 0 Å². The highest BCUT2D eigenvalue weighted by molar-refractivity contribution is 7.89. The molecule has 146 valence electrons. The van der Waals surface area contributed by atoms with Crippen LogP contribution in [0.1, 0.15) is 9.67 Å². The largest absolute Gasteiger partial charge is 0.335 e. The van der Waals surface area contributed by atoms with Crippen molar-refractivity contribution < 1.29 is 17.6 Å². The molecule has 9 heteroatoms. The Bertz CT molecular complexity index is 1150. The molecular weight excluding hydrogens is 423 g/mol. The van der Waals surface area contributed by atoms with Gasteiger partial charge in [-0.2, -0.15) is 4.31 Å². The molecular formula is C19H16ClFN2O3S2. The zero-order valence-corrected chi connectivity index (χ0v) is 17.0. The van der Waals surface area contributed by atoms with Gasteiger partial charge in [-0.1, -0.05) is 35.9 Å². The molecule has 2 aromatic carbocycles. The normalized spacial score (nSPS) is 15.9. The van der Waals surface area contributed by atoms with E-state index in [1.54, 1.807) is 4.90 Å². The maximum atomic E-state index is 13.4. The lowest BCUT2D eigenvalue weighted by molar-refractivity contribution is 0.0703. The van der Waals surface area contributed by atoms with E-state index in [9.17, 15) is 17.6 Å². The van der Waals surface area contributed by atoms with Gasteiger partial charge in [0.2, 0.25) is 10.0 Å². The van der Waals surface area contributed by atoms with Crippen LogP contribution in [0.4, 0.5) is 4.39 Å². The Morgan fingerprint density at radius 3 is 2.43 bits per heavy atom. The van der Waals surface area contributed by atoms with E-state index in [1.807, 2.05) is 24.3 Å². The summed E-state index contributed by atoms with van der Waals surface area (Å²) in [7, 11) is -3.80. The minimum Gasteiger partial charge on any atom is -0.335 e.